The average Bonchev–Trinajstić information content (AvgIpc) is 2.76. The van der Waals surface area contributed by atoms with Crippen molar-refractivity contribution in [3.8, 4) is 0 Å². The number of hydrogen-bond acceptors (Lipinski definition) is 2. The molecule has 2 aromatic rings. The SMILES string of the molecule is CC(C)(C)c1ccc(CNc2ccccc2F)s1. The van der Waals surface area contributed by atoms with Crippen LogP contribution >= 0.6 is 11.3 Å². The number of hydrogen-bond donors (Lipinski definition) is 1. The van der Waals surface area contributed by atoms with E-state index in [1.54, 1.807) is 23.5 Å². The van der Waals surface area contributed by atoms with Gasteiger partial charge in [0.15, 0.2) is 0 Å². The van der Waals surface area contributed by atoms with Crippen LogP contribution in [0.1, 0.15) is 30.5 Å². The molecule has 1 aromatic carbocycles. The predicted octanol–water partition coefficient (Wildman–Crippen LogP) is 4.80. The van der Waals surface area contributed by atoms with Crippen LogP contribution < -0.4 is 5.32 Å². The summed E-state index contributed by atoms with van der Waals surface area (Å²) in [6.45, 7) is 7.27. The summed E-state index contributed by atoms with van der Waals surface area (Å²) >= 11 is 1.78. The second kappa shape index (κ2) is 5.11. The van der Waals surface area contributed by atoms with Gasteiger partial charge in [-0.1, -0.05) is 32.9 Å². The minimum Gasteiger partial charge on any atom is -0.378 e. The van der Waals surface area contributed by atoms with Crippen LogP contribution in [0.4, 0.5) is 10.1 Å². The minimum atomic E-state index is -0.204. The summed E-state index contributed by atoms with van der Waals surface area (Å²) in [7, 11) is 0. The molecule has 0 aliphatic rings. The van der Waals surface area contributed by atoms with Crippen molar-refractivity contribution in [1.29, 1.82) is 0 Å². The Kier molecular flexibility index (Phi) is 3.71. The van der Waals surface area contributed by atoms with Gasteiger partial charge in [-0.25, -0.2) is 4.39 Å². The largest absolute Gasteiger partial charge is 0.378 e. The summed E-state index contributed by atoms with van der Waals surface area (Å²) < 4.78 is 13.4. The Morgan fingerprint density at radius 2 is 1.83 bits per heavy atom. The molecular formula is C15H18FNS. The molecule has 96 valence electrons. The van der Waals surface area contributed by atoms with Crippen LogP contribution in [0.15, 0.2) is 36.4 Å². The maximum Gasteiger partial charge on any atom is 0.146 e. The summed E-state index contributed by atoms with van der Waals surface area (Å²) in [5.41, 5.74) is 0.740. The summed E-state index contributed by atoms with van der Waals surface area (Å²) in [6, 6.07) is 11.0. The van der Waals surface area contributed by atoms with Crippen molar-refractivity contribution in [1.82, 2.24) is 0 Å². The van der Waals surface area contributed by atoms with E-state index < -0.39 is 0 Å². The van der Waals surface area contributed by atoms with Crippen molar-refractivity contribution in [3.63, 3.8) is 0 Å². The van der Waals surface area contributed by atoms with E-state index in [4.69, 9.17) is 0 Å². The fraction of sp³-hybridized carbons (Fsp3) is 0.333. The molecule has 3 heteroatoms. The zero-order valence-electron chi connectivity index (χ0n) is 11.0. The van der Waals surface area contributed by atoms with Crippen molar-refractivity contribution in [2.45, 2.75) is 32.7 Å². The Morgan fingerprint density at radius 3 is 2.44 bits per heavy atom. The highest BCUT2D eigenvalue weighted by Crippen LogP contribution is 2.29. The zero-order valence-corrected chi connectivity index (χ0v) is 11.8. The molecule has 0 bridgehead atoms. The average molecular weight is 263 g/mol. The summed E-state index contributed by atoms with van der Waals surface area (Å²) in [5, 5.41) is 3.13. The van der Waals surface area contributed by atoms with Gasteiger partial charge in [-0.2, -0.15) is 0 Å². The van der Waals surface area contributed by atoms with E-state index in [9.17, 15) is 4.39 Å². The van der Waals surface area contributed by atoms with E-state index in [-0.39, 0.29) is 11.2 Å². The quantitative estimate of drug-likeness (QED) is 0.839. The summed E-state index contributed by atoms with van der Waals surface area (Å²) in [6.07, 6.45) is 0. The third-order valence-electron chi connectivity index (χ3n) is 2.73. The van der Waals surface area contributed by atoms with Gasteiger partial charge in [0.1, 0.15) is 5.82 Å². The number of benzene rings is 1. The first kappa shape index (κ1) is 13.1. The van der Waals surface area contributed by atoms with Crippen LogP contribution in [0, 0.1) is 5.82 Å². The molecule has 0 fully saturated rings. The summed E-state index contributed by atoms with van der Waals surface area (Å²) in [4.78, 5) is 2.58. The maximum absolute atomic E-state index is 13.4. The molecule has 0 saturated carbocycles. The molecule has 1 nitrogen and oxygen atoms in total. The normalized spacial score (nSPS) is 11.6. The standard InChI is InChI=1S/C15H18FNS/c1-15(2,3)14-9-8-11(18-14)10-17-13-7-5-4-6-12(13)16/h4-9,17H,10H2,1-3H3. The van der Waals surface area contributed by atoms with Gasteiger partial charge in [-0.15, -0.1) is 11.3 Å². The number of thiophene rings is 1. The molecule has 0 spiro atoms. The van der Waals surface area contributed by atoms with Crippen LogP contribution in [-0.2, 0) is 12.0 Å². The molecule has 0 aliphatic carbocycles. The van der Waals surface area contributed by atoms with Gasteiger partial charge in [0.2, 0.25) is 0 Å². The second-order valence-corrected chi connectivity index (χ2v) is 6.52. The van der Waals surface area contributed by atoms with Crippen molar-refractivity contribution in [3.05, 3.63) is 52.0 Å². The van der Waals surface area contributed by atoms with Gasteiger partial charge in [0.25, 0.3) is 0 Å². The number of para-hydroxylation sites is 1. The van der Waals surface area contributed by atoms with Gasteiger partial charge < -0.3 is 5.32 Å². The molecule has 2 rings (SSSR count). The lowest BCUT2D eigenvalue weighted by Gasteiger charge is -2.15. The van der Waals surface area contributed by atoms with Crippen molar-refractivity contribution >= 4 is 17.0 Å². The fourth-order valence-corrected chi connectivity index (χ4v) is 2.67. The monoisotopic (exact) mass is 263 g/mol. The third kappa shape index (κ3) is 3.10. The number of halogens is 1. The topological polar surface area (TPSA) is 12.0 Å². The van der Waals surface area contributed by atoms with Crippen molar-refractivity contribution in [2.24, 2.45) is 0 Å². The highest BCUT2D eigenvalue weighted by atomic mass is 32.1. The molecule has 0 saturated heterocycles. The lowest BCUT2D eigenvalue weighted by atomic mass is 9.95. The van der Waals surface area contributed by atoms with Crippen LogP contribution in [0.3, 0.4) is 0 Å². The Morgan fingerprint density at radius 1 is 1.11 bits per heavy atom. The van der Waals surface area contributed by atoms with E-state index in [0.717, 1.165) is 0 Å². The van der Waals surface area contributed by atoms with Gasteiger partial charge in [0.05, 0.1) is 5.69 Å². The molecule has 0 aliphatic heterocycles. The molecule has 1 aromatic heterocycles. The Hall–Kier alpha value is -1.35. The molecule has 0 unspecified atom stereocenters. The Bertz CT molecular complexity index is 525. The Labute approximate surface area is 112 Å². The molecular weight excluding hydrogens is 245 g/mol. The van der Waals surface area contributed by atoms with Crippen molar-refractivity contribution < 1.29 is 4.39 Å². The minimum absolute atomic E-state index is 0.181. The van der Waals surface area contributed by atoms with Crippen LogP contribution in [0.5, 0.6) is 0 Å². The van der Waals surface area contributed by atoms with Crippen molar-refractivity contribution in [2.75, 3.05) is 5.32 Å². The zero-order chi connectivity index (χ0) is 13.2. The Balaban J connectivity index is 2.03. The first-order valence-electron chi connectivity index (χ1n) is 6.04. The first-order chi connectivity index (χ1) is 8.47. The van der Waals surface area contributed by atoms with Gasteiger partial charge in [-0.05, 0) is 29.7 Å². The second-order valence-electron chi connectivity index (χ2n) is 5.35. The van der Waals surface area contributed by atoms with E-state index in [1.165, 1.54) is 15.8 Å². The highest BCUT2D eigenvalue weighted by molar-refractivity contribution is 7.12. The first-order valence-corrected chi connectivity index (χ1v) is 6.86. The van der Waals surface area contributed by atoms with E-state index in [1.807, 2.05) is 6.07 Å². The lowest BCUT2D eigenvalue weighted by molar-refractivity contribution is 0.604. The van der Waals surface area contributed by atoms with Crippen LogP contribution in [-0.4, -0.2) is 0 Å². The molecule has 1 N–H and O–H groups in total. The van der Waals surface area contributed by atoms with Crippen LogP contribution in [0.2, 0.25) is 0 Å². The smallest absolute Gasteiger partial charge is 0.146 e. The molecule has 0 atom stereocenters. The number of rotatable bonds is 3. The summed E-state index contributed by atoms with van der Waals surface area (Å²) in [5.74, 6) is -0.204. The highest BCUT2D eigenvalue weighted by Gasteiger charge is 2.15. The van der Waals surface area contributed by atoms with E-state index >= 15 is 0 Å². The maximum atomic E-state index is 13.4. The molecule has 0 radical (unpaired) electrons. The van der Waals surface area contributed by atoms with Gasteiger partial charge >= 0.3 is 0 Å². The molecule has 18 heavy (non-hydrogen) atoms. The molecule has 0 amide bonds. The number of anilines is 1. The van der Waals surface area contributed by atoms with Gasteiger partial charge in [0, 0.05) is 16.3 Å². The van der Waals surface area contributed by atoms with Gasteiger partial charge in [-0.3, -0.25) is 0 Å². The van der Waals surface area contributed by atoms with E-state index in [2.05, 4.69) is 38.2 Å². The lowest BCUT2D eigenvalue weighted by Crippen LogP contribution is -2.07. The van der Waals surface area contributed by atoms with Crippen LogP contribution in [0.25, 0.3) is 0 Å². The fourth-order valence-electron chi connectivity index (χ4n) is 1.66. The third-order valence-corrected chi connectivity index (χ3v) is 4.24. The molecule has 1 heterocycles. The van der Waals surface area contributed by atoms with E-state index in [0.29, 0.717) is 12.2 Å². The number of nitrogens with one attached hydrogen (secondary N) is 1. The predicted molar refractivity (Wildman–Crippen MR) is 76.7 cm³/mol.